The second-order valence-corrected chi connectivity index (χ2v) is 9.51. The van der Waals surface area contributed by atoms with E-state index in [0.717, 1.165) is 5.56 Å². The minimum Gasteiger partial charge on any atom is -0.466 e. The van der Waals surface area contributed by atoms with Crippen LogP contribution in [0.15, 0.2) is 92.4 Å². The van der Waals surface area contributed by atoms with Gasteiger partial charge in [-0.1, -0.05) is 47.2 Å². The van der Waals surface area contributed by atoms with E-state index in [9.17, 15) is 14.4 Å². The number of thiazole rings is 1. The number of benzene rings is 2. The van der Waals surface area contributed by atoms with Crippen molar-refractivity contribution in [2.75, 3.05) is 7.11 Å². The molecule has 8 nitrogen and oxygen atoms in total. The summed E-state index contributed by atoms with van der Waals surface area (Å²) >= 11 is 7.21. The fourth-order valence-electron chi connectivity index (χ4n) is 3.99. The normalized spacial score (nSPS) is 15.2. The lowest BCUT2D eigenvalue weighted by Gasteiger charge is -2.24. The average molecular weight is 535 g/mol. The smallest absolute Gasteiger partial charge is 0.379 e. The zero-order valence-electron chi connectivity index (χ0n) is 19.6. The molecule has 0 fully saturated rings. The van der Waals surface area contributed by atoms with E-state index in [0.29, 0.717) is 25.6 Å². The molecule has 3 heterocycles. The summed E-state index contributed by atoms with van der Waals surface area (Å²) in [6.45, 7) is 1.70. The molecule has 37 heavy (non-hydrogen) atoms. The third-order valence-corrected chi connectivity index (χ3v) is 6.96. The number of carbonyl (C=O) groups is 2. The zero-order valence-corrected chi connectivity index (χ0v) is 21.2. The van der Waals surface area contributed by atoms with Crippen molar-refractivity contribution in [1.82, 2.24) is 4.57 Å². The molecule has 0 aliphatic carbocycles. The van der Waals surface area contributed by atoms with Gasteiger partial charge in [0.05, 0.1) is 35.2 Å². The number of hydrogen-bond acceptors (Lipinski definition) is 8. The van der Waals surface area contributed by atoms with Gasteiger partial charge in [-0.3, -0.25) is 9.36 Å². The van der Waals surface area contributed by atoms with Crippen LogP contribution in [0.5, 0.6) is 5.75 Å². The minimum absolute atomic E-state index is 0.0726. The summed E-state index contributed by atoms with van der Waals surface area (Å²) in [5.74, 6) is -0.880. The number of aromatic nitrogens is 1. The maximum absolute atomic E-state index is 13.6. The van der Waals surface area contributed by atoms with Crippen LogP contribution in [0, 0.1) is 0 Å². The molecule has 0 amide bonds. The Balaban J connectivity index is 1.58. The first kappa shape index (κ1) is 24.5. The van der Waals surface area contributed by atoms with E-state index in [4.69, 9.17) is 25.5 Å². The molecular weight excluding hydrogens is 516 g/mol. The summed E-state index contributed by atoms with van der Waals surface area (Å²) < 4.78 is 17.4. The number of nitrogens with zero attached hydrogens (tertiary/aromatic N) is 2. The van der Waals surface area contributed by atoms with Crippen LogP contribution in [0.1, 0.15) is 34.6 Å². The zero-order chi connectivity index (χ0) is 26.1. The quantitative estimate of drug-likeness (QED) is 0.285. The standard InChI is InChI=1S/C27H19ClN2O6S/c1-15-22(26(33)34-2)23(17-7-11-19(12-8-17)36-25(32)20-4-3-13-35-20)30-24(31)21(37-27(30)29-15)14-16-5-9-18(28)10-6-16/h3-14,23H,1-2H3/b21-14-. The Morgan fingerprint density at radius 2 is 1.81 bits per heavy atom. The highest BCUT2D eigenvalue weighted by Crippen LogP contribution is 2.31. The number of halogens is 1. The van der Waals surface area contributed by atoms with Crippen molar-refractivity contribution in [2.24, 2.45) is 4.99 Å². The van der Waals surface area contributed by atoms with Crippen molar-refractivity contribution in [3.63, 3.8) is 0 Å². The topological polar surface area (TPSA) is 100 Å². The van der Waals surface area contributed by atoms with Gasteiger partial charge in [0.15, 0.2) is 4.80 Å². The molecule has 1 unspecified atom stereocenters. The summed E-state index contributed by atoms with van der Waals surface area (Å²) in [5, 5.41) is 0.593. The van der Waals surface area contributed by atoms with Crippen LogP contribution in [0.3, 0.4) is 0 Å². The summed E-state index contributed by atoms with van der Waals surface area (Å²) in [4.78, 5) is 43.6. The number of ether oxygens (including phenoxy) is 2. The Morgan fingerprint density at radius 1 is 1.08 bits per heavy atom. The largest absolute Gasteiger partial charge is 0.466 e. The molecular formula is C27H19ClN2O6S. The van der Waals surface area contributed by atoms with Crippen molar-refractivity contribution in [3.05, 3.63) is 120 Å². The highest BCUT2D eigenvalue weighted by molar-refractivity contribution is 7.07. The third-order valence-electron chi connectivity index (χ3n) is 5.72. The lowest BCUT2D eigenvalue weighted by atomic mass is 9.96. The second-order valence-electron chi connectivity index (χ2n) is 8.06. The SMILES string of the molecule is COC(=O)C1=C(C)N=c2s/c(=C\c3ccc(Cl)cc3)c(=O)n2C1c1ccc(OC(=O)c2ccco2)cc1. The van der Waals surface area contributed by atoms with Crippen LogP contribution in [-0.2, 0) is 9.53 Å². The number of rotatable bonds is 5. The number of methoxy groups -OCH3 is 1. The molecule has 1 aliphatic rings. The first-order valence-corrected chi connectivity index (χ1v) is 12.3. The molecule has 0 bridgehead atoms. The molecule has 5 rings (SSSR count). The van der Waals surface area contributed by atoms with Crippen molar-refractivity contribution in [2.45, 2.75) is 13.0 Å². The van der Waals surface area contributed by atoms with Crippen molar-refractivity contribution in [1.29, 1.82) is 0 Å². The van der Waals surface area contributed by atoms with Crippen LogP contribution in [0.2, 0.25) is 5.02 Å². The Labute approximate surface area is 219 Å². The van der Waals surface area contributed by atoms with E-state index in [1.807, 2.05) is 12.1 Å². The average Bonchev–Trinajstić information content (AvgIpc) is 3.54. The van der Waals surface area contributed by atoms with Crippen LogP contribution in [0.4, 0.5) is 0 Å². The Hall–Kier alpha value is -4.21. The molecule has 2 aromatic heterocycles. The van der Waals surface area contributed by atoms with E-state index in [1.54, 1.807) is 55.5 Å². The molecule has 4 aromatic rings. The van der Waals surface area contributed by atoms with Gasteiger partial charge in [0.25, 0.3) is 5.56 Å². The number of fused-ring (bicyclic) bond motifs is 1. The summed E-state index contributed by atoms with van der Waals surface area (Å²) in [5.41, 5.74) is 1.81. The van der Waals surface area contributed by atoms with Gasteiger partial charge in [-0.2, -0.15) is 0 Å². The highest BCUT2D eigenvalue weighted by atomic mass is 35.5. The maximum atomic E-state index is 13.6. The molecule has 0 spiro atoms. The molecule has 10 heteroatoms. The third kappa shape index (κ3) is 4.78. The fourth-order valence-corrected chi connectivity index (χ4v) is 5.16. The van der Waals surface area contributed by atoms with Crippen LogP contribution in [-0.4, -0.2) is 23.6 Å². The first-order valence-electron chi connectivity index (χ1n) is 11.1. The summed E-state index contributed by atoms with van der Waals surface area (Å²) in [7, 11) is 1.28. The number of allylic oxidation sites excluding steroid dienone is 1. The van der Waals surface area contributed by atoms with Crippen LogP contribution < -0.4 is 19.6 Å². The Kier molecular flexibility index (Phi) is 6.64. The van der Waals surface area contributed by atoms with Crippen LogP contribution >= 0.6 is 22.9 Å². The van der Waals surface area contributed by atoms with E-state index < -0.39 is 18.0 Å². The van der Waals surface area contributed by atoms with E-state index in [2.05, 4.69) is 4.99 Å². The molecule has 1 aliphatic heterocycles. The van der Waals surface area contributed by atoms with Gasteiger partial charge in [0.2, 0.25) is 5.76 Å². The predicted molar refractivity (Wildman–Crippen MR) is 137 cm³/mol. The van der Waals surface area contributed by atoms with Crippen molar-refractivity contribution in [3.8, 4) is 5.75 Å². The van der Waals surface area contributed by atoms with E-state index in [-0.39, 0.29) is 22.6 Å². The van der Waals surface area contributed by atoms with Crippen molar-refractivity contribution < 1.29 is 23.5 Å². The number of hydrogen-bond donors (Lipinski definition) is 0. The monoisotopic (exact) mass is 534 g/mol. The van der Waals surface area contributed by atoms with Gasteiger partial charge in [-0.05, 0) is 60.5 Å². The number of esters is 2. The number of carbonyl (C=O) groups excluding carboxylic acids is 2. The second kappa shape index (κ2) is 10.0. The van der Waals surface area contributed by atoms with Gasteiger partial charge >= 0.3 is 11.9 Å². The molecule has 2 aromatic carbocycles. The van der Waals surface area contributed by atoms with E-state index in [1.165, 1.54) is 35.3 Å². The Bertz CT molecular complexity index is 1700. The molecule has 0 saturated heterocycles. The molecule has 0 radical (unpaired) electrons. The maximum Gasteiger partial charge on any atom is 0.379 e. The van der Waals surface area contributed by atoms with Gasteiger partial charge in [-0.15, -0.1) is 0 Å². The van der Waals surface area contributed by atoms with Crippen molar-refractivity contribution >= 4 is 41.0 Å². The van der Waals surface area contributed by atoms with E-state index >= 15 is 0 Å². The molecule has 186 valence electrons. The lowest BCUT2D eigenvalue weighted by molar-refractivity contribution is -0.136. The number of furan rings is 1. The predicted octanol–water partition coefficient (Wildman–Crippen LogP) is 3.87. The minimum atomic E-state index is -0.786. The van der Waals surface area contributed by atoms with Crippen LogP contribution in [0.25, 0.3) is 6.08 Å². The summed E-state index contributed by atoms with van der Waals surface area (Å²) in [6, 6.07) is 16.0. The lowest BCUT2D eigenvalue weighted by Crippen LogP contribution is -2.39. The van der Waals surface area contributed by atoms with Gasteiger partial charge in [0.1, 0.15) is 5.75 Å². The van der Waals surface area contributed by atoms with Gasteiger partial charge in [0, 0.05) is 5.02 Å². The summed E-state index contributed by atoms with van der Waals surface area (Å²) in [6.07, 6.45) is 3.14. The van der Waals surface area contributed by atoms with Gasteiger partial charge in [-0.25, -0.2) is 14.6 Å². The van der Waals surface area contributed by atoms with Gasteiger partial charge < -0.3 is 13.9 Å². The molecule has 0 N–H and O–H groups in total. The molecule has 1 atom stereocenters. The highest BCUT2D eigenvalue weighted by Gasteiger charge is 2.33. The molecule has 0 saturated carbocycles. The first-order chi connectivity index (χ1) is 17.9. The Morgan fingerprint density at radius 3 is 2.46 bits per heavy atom. The fraction of sp³-hybridized carbons (Fsp3) is 0.111.